The Bertz CT molecular complexity index is 1930. The summed E-state index contributed by atoms with van der Waals surface area (Å²) >= 11 is 0. The Morgan fingerprint density at radius 2 is 1.14 bits per heavy atom. The molecule has 5 aromatic carbocycles. The Balaban J connectivity index is 1.57. The Kier molecular flexibility index (Phi) is 5.98. The van der Waals surface area contributed by atoms with Crippen LogP contribution in [0, 0.1) is 0 Å². The van der Waals surface area contributed by atoms with E-state index in [0.29, 0.717) is 0 Å². The minimum Gasteiger partial charge on any atom is -0.455 e. The van der Waals surface area contributed by atoms with E-state index in [1.165, 1.54) is 33.4 Å². The summed E-state index contributed by atoms with van der Waals surface area (Å²) in [6, 6.07) is 38.0. The second-order valence-corrected chi connectivity index (χ2v) is 14.7. The third-order valence-corrected chi connectivity index (χ3v) is 9.40. The van der Waals surface area contributed by atoms with Crippen LogP contribution >= 0.6 is 0 Å². The second-order valence-electron chi connectivity index (χ2n) is 14.7. The van der Waals surface area contributed by atoms with Crippen LogP contribution in [-0.4, -0.2) is 0 Å². The molecule has 0 saturated carbocycles. The number of nitrogens with zero attached hydrogens (tertiary/aromatic N) is 1. The van der Waals surface area contributed by atoms with Crippen molar-refractivity contribution in [3.05, 3.63) is 125 Å². The summed E-state index contributed by atoms with van der Waals surface area (Å²) in [6.07, 6.45) is 0. The van der Waals surface area contributed by atoms with Crippen LogP contribution < -0.4 is 4.90 Å². The zero-order valence-electron chi connectivity index (χ0n) is 26.7. The topological polar surface area (TPSA) is 16.4 Å². The minimum atomic E-state index is -0.161. The molecule has 0 atom stereocenters. The van der Waals surface area contributed by atoms with E-state index in [4.69, 9.17) is 4.42 Å². The lowest BCUT2D eigenvalue weighted by Crippen LogP contribution is -2.17. The van der Waals surface area contributed by atoms with Crippen molar-refractivity contribution in [3.63, 3.8) is 0 Å². The van der Waals surface area contributed by atoms with Gasteiger partial charge in [0.05, 0.1) is 11.1 Å². The van der Waals surface area contributed by atoms with Crippen molar-refractivity contribution in [2.24, 2.45) is 0 Å². The van der Waals surface area contributed by atoms with Gasteiger partial charge in [0, 0.05) is 27.7 Å². The molecule has 1 heterocycles. The molecule has 0 spiro atoms. The lowest BCUT2D eigenvalue weighted by Gasteiger charge is -2.30. The van der Waals surface area contributed by atoms with Gasteiger partial charge in [-0.15, -0.1) is 0 Å². The zero-order valence-corrected chi connectivity index (χ0v) is 26.7. The van der Waals surface area contributed by atoms with Crippen molar-refractivity contribution in [3.8, 4) is 11.1 Å². The molecule has 0 N–H and O–H groups in total. The maximum atomic E-state index is 6.81. The van der Waals surface area contributed by atoms with Crippen LogP contribution in [0.4, 0.5) is 17.1 Å². The van der Waals surface area contributed by atoms with E-state index in [1.807, 2.05) is 0 Å². The number of anilines is 3. The number of hydrogen-bond donors (Lipinski definition) is 0. The van der Waals surface area contributed by atoms with Gasteiger partial charge in [0.25, 0.3) is 0 Å². The number of benzene rings is 5. The van der Waals surface area contributed by atoms with Gasteiger partial charge < -0.3 is 9.32 Å². The Morgan fingerprint density at radius 3 is 1.72 bits per heavy atom. The molecule has 2 nitrogen and oxygen atoms in total. The van der Waals surface area contributed by atoms with Gasteiger partial charge in [-0.05, 0) is 75.0 Å². The van der Waals surface area contributed by atoms with Crippen molar-refractivity contribution in [1.29, 1.82) is 0 Å². The molecule has 0 fully saturated rings. The molecule has 1 aromatic heterocycles. The molecule has 0 radical (unpaired) electrons. The quantitative estimate of drug-likeness (QED) is 0.213. The van der Waals surface area contributed by atoms with Crippen LogP contribution in [0.1, 0.15) is 77.6 Å². The third-order valence-electron chi connectivity index (χ3n) is 9.40. The first-order valence-corrected chi connectivity index (χ1v) is 15.5. The third kappa shape index (κ3) is 4.30. The highest BCUT2D eigenvalue weighted by Crippen LogP contribution is 2.56. The van der Waals surface area contributed by atoms with Gasteiger partial charge in [-0.1, -0.05) is 122 Å². The fourth-order valence-electron chi connectivity index (χ4n) is 6.86. The number of fused-ring (bicyclic) bond motifs is 7. The van der Waals surface area contributed by atoms with Gasteiger partial charge in [0.2, 0.25) is 0 Å². The molecule has 1 aliphatic rings. The average Bonchev–Trinajstić information content (AvgIpc) is 3.46. The standard InChI is InChI=1S/C41H41NO/c1-39(2,3)26-17-21-28(22-18-26)42(29-23-19-27(20-24-29)40(4,5)6)34-25-33-36(30-13-9-11-15-32(30)41(33,7)8)38-37(34)31-14-10-12-16-35(31)43-38/h9-25H,1-8H3. The molecular formula is C41H41NO. The van der Waals surface area contributed by atoms with E-state index >= 15 is 0 Å². The Labute approximate surface area is 256 Å². The fraction of sp³-hybridized carbons (Fsp3) is 0.268. The molecule has 0 aliphatic heterocycles. The second kappa shape index (κ2) is 9.35. The van der Waals surface area contributed by atoms with E-state index in [1.54, 1.807) is 0 Å². The van der Waals surface area contributed by atoms with Crippen LogP contribution in [0.5, 0.6) is 0 Å². The highest BCUT2D eigenvalue weighted by molar-refractivity contribution is 6.18. The van der Waals surface area contributed by atoms with Crippen LogP contribution in [0.15, 0.2) is 108 Å². The highest BCUT2D eigenvalue weighted by Gasteiger charge is 2.39. The van der Waals surface area contributed by atoms with Crippen molar-refractivity contribution in [2.45, 2.75) is 71.6 Å². The predicted octanol–water partition coefficient (Wildman–Crippen LogP) is 12.0. The van der Waals surface area contributed by atoms with E-state index in [2.05, 4.69) is 163 Å². The minimum absolute atomic E-state index is 0.0785. The van der Waals surface area contributed by atoms with Gasteiger partial charge in [-0.3, -0.25) is 0 Å². The van der Waals surface area contributed by atoms with Crippen molar-refractivity contribution >= 4 is 39.0 Å². The van der Waals surface area contributed by atoms with E-state index < -0.39 is 0 Å². The van der Waals surface area contributed by atoms with Gasteiger partial charge in [0.15, 0.2) is 0 Å². The molecule has 0 amide bonds. The van der Waals surface area contributed by atoms with Gasteiger partial charge in [-0.25, -0.2) is 0 Å². The largest absolute Gasteiger partial charge is 0.455 e. The lowest BCUT2D eigenvalue weighted by molar-refractivity contribution is 0.590. The molecular weight excluding hydrogens is 522 g/mol. The summed E-state index contributed by atoms with van der Waals surface area (Å²) in [7, 11) is 0. The normalized spacial score (nSPS) is 14.2. The van der Waals surface area contributed by atoms with Gasteiger partial charge in [-0.2, -0.15) is 0 Å². The maximum Gasteiger partial charge on any atom is 0.145 e. The van der Waals surface area contributed by atoms with Gasteiger partial charge in [0.1, 0.15) is 11.2 Å². The summed E-state index contributed by atoms with van der Waals surface area (Å²) in [4.78, 5) is 2.43. The van der Waals surface area contributed by atoms with E-state index in [0.717, 1.165) is 39.0 Å². The number of furan rings is 1. The average molecular weight is 564 g/mol. The lowest BCUT2D eigenvalue weighted by atomic mass is 9.82. The van der Waals surface area contributed by atoms with Gasteiger partial charge >= 0.3 is 0 Å². The molecule has 7 rings (SSSR count). The number of hydrogen-bond acceptors (Lipinski definition) is 2. The molecule has 0 unspecified atom stereocenters. The summed E-state index contributed by atoms with van der Waals surface area (Å²) in [6.45, 7) is 18.3. The number of rotatable bonds is 3. The summed E-state index contributed by atoms with van der Waals surface area (Å²) < 4.78 is 6.81. The van der Waals surface area contributed by atoms with E-state index in [9.17, 15) is 0 Å². The summed E-state index contributed by atoms with van der Waals surface area (Å²) in [5.41, 5.74) is 13.1. The molecule has 0 bridgehead atoms. The van der Waals surface area contributed by atoms with Crippen molar-refractivity contribution in [1.82, 2.24) is 0 Å². The van der Waals surface area contributed by atoms with Crippen molar-refractivity contribution < 1.29 is 4.42 Å². The molecule has 6 aromatic rings. The maximum absolute atomic E-state index is 6.81. The molecule has 0 saturated heterocycles. The summed E-state index contributed by atoms with van der Waals surface area (Å²) in [5.74, 6) is 0. The number of para-hydroxylation sites is 1. The van der Waals surface area contributed by atoms with Crippen LogP contribution in [-0.2, 0) is 16.2 Å². The summed E-state index contributed by atoms with van der Waals surface area (Å²) in [5, 5.41) is 2.29. The Morgan fingerprint density at radius 1 is 0.605 bits per heavy atom. The van der Waals surface area contributed by atoms with Crippen molar-refractivity contribution in [2.75, 3.05) is 4.90 Å². The van der Waals surface area contributed by atoms with Crippen LogP contribution in [0.3, 0.4) is 0 Å². The predicted molar refractivity (Wildman–Crippen MR) is 183 cm³/mol. The monoisotopic (exact) mass is 563 g/mol. The van der Waals surface area contributed by atoms with E-state index in [-0.39, 0.29) is 16.2 Å². The fourth-order valence-corrected chi connectivity index (χ4v) is 6.86. The zero-order chi connectivity index (χ0) is 30.3. The first-order valence-electron chi connectivity index (χ1n) is 15.5. The van der Waals surface area contributed by atoms with Crippen LogP contribution in [0.25, 0.3) is 33.1 Å². The smallest absolute Gasteiger partial charge is 0.145 e. The highest BCUT2D eigenvalue weighted by atomic mass is 16.3. The molecule has 2 heteroatoms. The van der Waals surface area contributed by atoms with Crippen LogP contribution in [0.2, 0.25) is 0 Å². The molecule has 1 aliphatic carbocycles. The first kappa shape index (κ1) is 27.5. The molecule has 43 heavy (non-hydrogen) atoms. The SMILES string of the molecule is CC(C)(C)c1ccc(N(c2ccc(C(C)(C)C)cc2)c2cc3c(c4oc5ccccc5c24)-c2ccccc2C3(C)C)cc1. The Hall–Kier alpha value is -4.30. The molecule has 216 valence electrons. The first-order chi connectivity index (χ1) is 20.4.